The van der Waals surface area contributed by atoms with Gasteiger partial charge in [0.2, 0.25) is 17.6 Å². The number of ether oxygens (including phenoxy) is 1. The quantitative estimate of drug-likeness (QED) is 0.419. The van der Waals surface area contributed by atoms with Crippen LogP contribution in [0.15, 0.2) is 59.1 Å². The third-order valence-electron chi connectivity index (χ3n) is 4.38. The molecule has 0 aliphatic rings. The maximum atomic E-state index is 12.1. The third kappa shape index (κ3) is 6.00. The molecule has 0 saturated heterocycles. The van der Waals surface area contributed by atoms with Gasteiger partial charge in [-0.15, -0.1) is 0 Å². The van der Waals surface area contributed by atoms with Gasteiger partial charge in [-0.05, 0) is 30.7 Å². The van der Waals surface area contributed by atoms with E-state index >= 15 is 0 Å². The van der Waals surface area contributed by atoms with Crippen LogP contribution in [0.25, 0.3) is 11.4 Å². The number of aromatic nitrogens is 2. The number of methoxy groups -OCH3 is 1. The lowest BCUT2D eigenvalue weighted by atomic mass is 10.1. The van der Waals surface area contributed by atoms with E-state index in [0.29, 0.717) is 42.4 Å². The van der Waals surface area contributed by atoms with Crippen molar-refractivity contribution in [1.82, 2.24) is 15.5 Å². The second-order valence-corrected chi connectivity index (χ2v) is 6.48. The summed E-state index contributed by atoms with van der Waals surface area (Å²) in [7, 11) is 1.57. The number of carbonyl (C=O) groups is 2. The average molecular weight is 393 g/mol. The number of nitrogens with zero attached hydrogens (tertiary/aromatic N) is 2. The van der Waals surface area contributed by atoms with Crippen LogP contribution >= 0.6 is 0 Å². The van der Waals surface area contributed by atoms with E-state index in [0.717, 1.165) is 5.56 Å². The van der Waals surface area contributed by atoms with E-state index in [1.165, 1.54) is 0 Å². The first-order valence-electron chi connectivity index (χ1n) is 9.47. The van der Waals surface area contributed by atoms with Crippen LogP contribution in [-0.4, -0.2) is 35.5 Å². The van der Waals surface area contributed by atoms with Crippen LogP contribution in [0, 0.1) is 0 Å². The molecule has 0 saturated carbocycles. The number of carbonyl (C=O) groups excluding carboxylic acids is 2. The molecule has 0 unspecified atom stereocenters. The Kier molecular flexibility index (Phi) is 7.10. The minimum absolute atomic E-state index is 0.0675. The molecule has 29 heavy (non-hydrogen) atoms. The van der Waals surface area contributed by atoms with Crippen molar-refractivity contribution < 1.29 is 18.8 Å². The molecule has 0 atom stereocenters. The molecule has 3 rings (SSSR count). The highest BCUT2D eigenvalue weighted by Crippen LogP contribution is 2.15. The highest BCUT2D eigenvalue weighted by atomic mass is 16.5. The number of ketones is 1. The predicted molar refractivity (Wildman–Crippen MR) is 108 cm³/mol. The van der Waals surface area contributed by atoms with Crippen molar-refractivity contribution in [1.29, 1.82) is 0 Å². The number of rotatable bonds is 10. The summed E-state index contributed by atoms with van der Waals surface area (Å²) in [6.45, 7) is 0.485. The zero-order valence-corrected chi connectivity index (χ0v) is 16.3. The van der Waals surface area contributed by atoms with Gasteiger partial charge in [-0.25, -0.2) is 0 Å². The van der Waals surface area contributed by atoms with Gasteiger partial charge < -0.3 is 14.6 Å². The van der Waals surface area contributed by atoms with Crippen molar-refractivity contribution >= 4 is 11.7 Å². The Labute approximate surface area is 169 Å². The molecule has 1 N–H and O–H groups in total. The van der Waals surface area contributed by atoms with Gasteiger partial charge in [0.15, 0.2) is 5.78 Å². The van der Waals surface area contributed by atoms with E-state index in [4.69, 9.17) is 9.26 Å². The molecule has 1 heterocycles. The molecular formula is C22H23N3O4. The monoisotopic (exact) mass is 393 g/mol. The van der Waals surface area contributed by atoms with E-state index in [1.807, 2.05) is 30.3 Å². The normalized spacial score (nSPS) is 10.5. The van der Waals surface area contributed by atoms with Crippen LogP contribution in [-0.2, 0) is 11.2 Å². The zero-order chi connectivity index (χ0) is 20.5. The van der Waals surface area contributed by atoms with Gasteiger partial charge in [0.1, 0.15) is 5.75 Å². The molecule has 0 radical (unpaired) electrons. The zero-order valence-electron chi connectivity index (χ0n) is 16.3. The molecule has 1 aromatic heterocycles. The molecular weight excluding hydrogens is 370 g/mol. The number of aryl methyl sites for hydroxylation is 1. The van der Waals surface area contributed by atoms with Crippen molar-refractivity contribution in [3.63, 3.8) is 0 Å². The molecule has 0 spiro atoms. The summed E-state index contributed by atoms with van der Waals surface area (Å²) in [5.41, 5.74) is 1.47. The van der Waals surface area contributed by atoms with Gasteiger partial charge in [-0.1, -0.05) is 35.5 Å². The summed E-state index contributed by atoms with van der Waals surface area (Å²) in [4.78, 5) is 28.4. The first kappa shape index (κ1) is 20.3. The van der Waals surface area contributed by atoms with Gasteiger partial charge in [0.05, 0.1) is 7.11 Å². The van der Waals surface area contributed by atoms with E-state index in [-0.39, 0.29) is 24.5 Å². The summed E-state index contributed by atoms with van der Waals surface area (Å²) in [5, 5.41) is 6.79. The van der Waals surface area contributed by atoms with Gasteiger partial charge in [-0.3, -0.25) is 9.59 Å². The number of Topliss-reactive ketones (excluding diaryl/α,β-unsaturated/α-hetero) is 1. The fourth-order valence-corrected chi connectivity index (χ4v) is 2.77. The minimum atomic E-state index is -0.151. The second kappa shape index (κ2) is 10.2. The Balaban J connectivity index is 1.35. The van der Waals surface area contributed by atoms with Gasteiger partial charge in [0, 0.05) is 36.9 Å². The smallest absolute Gasteiger partial charge is 0.227 e. The largest absolute Gasteiger partial charge is 0.497 e. The maximum Gasteiger partial charge on any atom is 0.227 e. The maximum absolute atomic E-state index is 12.1. The van der Waals surface area contributed by atoms with Crippen LogP contribution in [0.1, 0.15) is 35.5 Å². The molecule has 2 aromatic carbocycles. The summed E-state index contributed by atoms with van der Waals surface area (Å²) >= 11 is 0. The van der Waals surface area contributed by atoms with Crippen molar-refractivity contribution in [2.45, 2.75) is 25.7 Å². The Morgan fingerprint density at radius 1 is 1.03 bits per heavy atom. The number of hydrogen-bond donors (Lipinski definition) is 1. The number of hydrogen-bond acceptors (Lipinski definition) is 6. The number of nitrogens with one attached hydrogen (secondary N) is 1. The standard InChI is InChI=1S/C22H23N3O4/c1-28-18-11-9-16(10-12-18)19(26)13-14-20(27)23-15-5-8-21-24-22(25-29-21)17-6-3-2-4-7-17/h2-4,6-7,9-12H,5,8,13-15H2,1H3,(H,23,27). The van der Waals surface area contributed by atoms with E-state index in [9.17, 15) is 9.59 Å². The summed E-state index contributed by atoms with van der Waals surface area (Å²) in [5.74, 6) is 1.57. The summed E-state index contributed by atoms with van der Waals surface area (Å²) in [6, 6.07) is 16.5. The van der Waals surface area contributed by atoms with E-state index in [2.05, 4.69) is 15.5 Å². The molecule has 0 aliphatic heterocycles. The van der Waals surface area contributed by atoms with Gasteiger partial charge in [0.25, 0.3) is 0 Å². The van der Waals surface area contributed by atoms with Crippen molar-refractivity contribution in [2.75, 3.05) is 13.7 Å². The highest BCUT2D eigenvalue weighted by Gasteiger charge is 2.11. The van der Waals surface area contributed by atoms with Crippen molar-refractivity contribution in [3.05, 3.63) is 66.1 Å². The summed E-state index contributed by atoms with van der Waals surface area (Å²) < 4.78 is 10.3. The first-order valence-corrected chi connectivity index (χ1v) is 9.47. The molecule has 7 nitrogen and oxygen atoms in total. The fourth-order valence-electron chi connectivity index (χ4n) is 2.77. The topological polar surface area (TPSA) is 94.3 Å². The molecule has 7 heteroatoms. The van der Waals surface area contributed by atoms with Crippen LogP contribution < -0.4 is 10.1 Å². The van der Waals surface area contributed by atoms with Gasteiger partial charge >= 0.3 is 0 Å². The van der Waals surface area contributed by atoms with Crippen LogP contribution in [0.4, 0.5) is 0 Å². The van der Waals surface area contributed by atoms with Crippen molar-refractivity contribution in [2.24, 2.45) is 0 Å². The number of amides is 1. The molecule has 3 aromatic rings. The lowest BCUT2D eigenvalue weighted by molar-refractivity contribution is -0.121. The molecule has 1 amide bonds. The Morgan fingerprint density at radius 2 is 1.79 bits per heavy atom. The molecule has 0 aliphatic carbocycles. The predicted octanol–water partition coefficient (Wildman–Crippen LogP) is 3.46. The average Bonchev–Trinajstić information content (AvgIpc) is 3.25. The fraction of sp³-hybridized carbons (Fsp3) is 0.273. The number of benzene rings is 2. The summed E-state index contributed by atoms with van der Waals surface area (Å²) in [6.07, 6.45) is 1.57. The highest BCUT2D eigenvalue weighted by molar-refractivity contribution is 5.98. The Hall–Kier alpha value is -3.48. The van der Waals surface area contributed by atoms with Crippen molar-refractivity contribution in [3.8, 4) is 17.1 Å². The third-order valence-corrected chi connectivity index (χ3v) is 4.38. The lowest BCUT2D eigenvalue weighted by Crippen LogP contribution is -2.25. The molecule has 0 fully saturated rings. The van der Waals surface area contributed by atoms with Crippen LogP contribution in [0.3, 0.4) is 0 Å². The Morgan fingerprint density at radius 3 is 2.52 bits per heavy atom. The van der Waals surface area contributed by atoms with Crippen LogP contribution in [0.2, 0.25) is 0 Å². The van der Waals surface area contributed by atoms with Gasteiger partial charge in [-0.2, -0.15) is 4.98 Å². The Bertz CT molecular complexity index is 936. The molecule has 0 bridgehead atoms. The first-order chi connectivity index (χ1) is 14.2. The minimum Gasteiger partial charge on any atom is -0.497 e. The lowest BCUT2D eigenvalue weighted by Gasteiger charge is -2.05. The van der Waals surface area contributed by atoms with Crippen LogP contribution in [0.5, 0.6) is 5.75 Å². The SMILES string of the molecule is COc1ccc(C(=O)CCC(=O)NCCCc2nc(-c3ccccc3)no2)cc1. The second-order valence-electron chi connectivity index (χ2n) is 6.48. The van der Waals surface area contributed by atoms with E-state index in [1.54, 1.807) is 31.4 Å². The molecule has 150 valence electrons. The van der Waals surface area contributed by atoms with E-state index < -0.39 is 0 Å².